The summed E-state index contributed by atoms with van der Waals surface area (Å²) in [5.41, 5.74) is 2.65. The van der Waals surface area contributed by atoms with Gasteiger partial charge < -0.3 is 15.7 Å². The first-order valence-corrected chi connectivity index (χ1v) is 6.75. The van der Waals surface area contributed by atoms with Crippen LogP contribution >= 0.6 is 11.3 Å². The van der Waals surface area contributed by atoms with Gasteiger partial charge in [-0.1, -0.05) is 12.1 Å². The Morgan fingerprint density at radius 3 is 3.00 bits per heavy atom. The molecule has 0 spiro atoms. The van der Waals surface area contributed by atoms with Crippen molar-refractivity contribution >= 4 is 23.1 Å². The summed E-state index contributed by atoms with van der Waals surface area (Å²) in [4.78, 5) is 15.9. The number of amides is 2. The molecule has 2 rings (SSSR count). The van der Waals surface area contributed by atoms with Crippen molar-refractivity contribution in [3.8, 4) is 10.6 Å². The molecule has 0 saturated heterocycles. The van der Waals surface area contributed by atoms with Crippen LogP contribution in [0.15, 0.2) is 29.6 Å². The van der Waals surface area contributed by atoms with E-state index in [2.05, 4.69) is 15.6 Å². The number of benzene rings is 1. The van der Waals surface area contributed by atoms with Gasteiger partial charge in [-0.05, 0) is 19.1 Å². The number of aromatic nitrogens is 1. The lowest BCUT2D eigenvalue weighted by Gasteiger charge is -2.07. The lowest BCUT2D eigenvalue weighted by atomic mass is 10.2. The number of aliphatic hydroxyl groups excluding tert-OH is 1. The fourth-order valence-corrected chi connectivity index (χ4v) is 2.36. The van der Waals surface area contributed by atoms with Crippen molar-refractivity contribution in [1.29, 1.82) is 0 Å². The van der Waals surface area contributed by atoms with Crippen LogP contribution in [0.3, 0.4) is 0 Å². The van der Waals surface area contributed by atoms with Gasteiger partial charge in [-0.3, -0.25) is 0 Å². The Kier molecular flexibility index (Phi) is 4.48. The fraction of sp³-hybridized carbons (Fsp3) is 0.231. The number of nitrogens with zero attached hydrogens (tertiary/aromatic N) is 1. The van der Waals surface area contributed by atoms with Crippen LogP contribution in [-0.4, -0.2) is 29.3 Å². The van der Waals surface area contributed by atoms with Crippen molar-refractivity contribution < 1.29 is 9.90 Å². The number of aliphatic hydroxyl groups is 1. The molecule has 0 radical (unpaired) electrons. The Bertz CT molecular complexity index is 569. The predicted molar refractivity (Wildman–Crippen MR) is 76.4 cm³/mol. The highest BCUT2D eigenvalue weighted by atomic mass is 32.1. The van der Waals surface area contributed by atoms with Crippen LogP contribution in [-0.2, 0) is 0 Å². The average Bonchev–Trinajstić information content (AvgIpc) is 2.83. The van der Waals surface area contributed by atoms with Gasteiger partial charge in [0.05, 0.1) is 6.61 Å². The number of anilines is 1. The largest absolute Gasteiger partial charge is 0.395 e. The summed E-state index contributed by atoms with van der Waals surface area (Å²) in [5.74, 6) is 0. The summed E-state index contributed by atoms with van der Waals surface area (Å²) < 4.78 is 0. The van der Waals surface area contributed by atoms with Gasteiger partial charge in [0.2, 0.25) is 0 Å². The lowest BCUT2D eigenvalue weighted by Crippen LogP contribution is -2.30. The van der Waals surface area contributed by atoms with E-state index in [1.807, 2.05) is 36.6 Å². The maximum absolute atomic E-state index is 11.5. The molecular formula is C13H15N3O2S. The first kappa shape index (κ1) is 13.5. The van der Waals surface area contributed by atoms with Crippen molar-refractivity contribution in [2.75, 3.05) is 18.5 Å². The number of hydrogen-bond donors (Lipinski definition) is 3. The highest BCUT2D eigenvalue weighted by molar-refractivity contribution is 7.13. The maximum atomic E-state index is 11.5. The quantitative estimate of drug-likeness (QED) is 0.802. The smallest absolute Gasteiger partial charge is 0.319 e. The maximum Gasteiger partial charge on any atom is 0.319 e. The molecule has 0 saturated carbocycles. The van der Waals surface area contributed by atoms with E-state index in [0.717, 1.165) is 16.3 Å². The minimum atomic E-state index is -0.332. The SMILES string of the molecule is Cc1csc(-c2cccc(NC(=O)NCCO)c2)n1. The summed E-state index contributed by atoms with van der Waals surface area (Å²) in [6.07, 6.45) is 0. The Morgan fingerprint density at radius 1 is 1.47 bits per heavy atom. The van der Waals surface area contributed by atoms with Crippen LogP contribution in [0, 0.1) is 6.92 Å². The second-order valence-electron chi connectivity index (χ2n) is 3.98. The van der Waals surface area contributed by atoms with Gasteiger partial charge >= 0.3 is 6.03 Å². The third kappa shape index (κ3) is 3.77. The van der Waals surface area contributed by atoms with Crippen LogP contribution < -0.4 is 10.6 Å². The van der Waals surface area contributed by atoms with E-state index in [1.165, 1.54) is 0 Å². The molecule has 0 bridgehead atoms. The number of urea groups is 1. The first-order chi connectivity index (χ1) is 9.19. The van der Waals surface area contributed by atoms with Gasteiger partial charge in [-0.25, -0.2) is 9.78 Å². The zero-order chi connectivity index (χ0) is 13.7. The molecule has 2 amide bonds. The molecule has 0 aliphatic rings. The second-order valence-corrected chi connectivity index (χ2v) is 4.84. The van der Waals surface area contributed by atoms with E-state index in [1.54, 1.807) is 11.3 Å². The molecule has 2 aromatic rings. The molecule has 1 aromatic carbocycles. The van der Waals surface area contributed by atoms with Crippen LogP contribution in [0.25, 0.3) is 10.6 Å². The van der Waals surface area contributed by atoms with Crippen molar-refractivity contribution in [3.05, 3.63) is 35.3 Å². The normalized spacial score (nSPS) is 10.2. The average molecular weight is 277 g/mol. The number of rotatable bonds is 4. The molecule has 0 aliphatic heterocycles. The summed E-state index contributed by atoms with van der Waals surface area (Å²) >= 11 is 1.57. The lowest BCUT2D eigenvalue weighted by molar-refractivity contribution is 0.245. The van der Waals surface area contributed by atoms with Crippen LogP contribution in [0.1, 0.15) is 5.69 Å². The van der Waals surface area contributed by atoms with Crippen molar-refractivity contribution in [1.82, 2.24) is 10.3 Å². The van der Waals surface area contributed by atoms with E-state index in [-0.39, 0.29) is 19.2 Å². The Morgan fingerprint density at radius 2 is 2.32 bits per heavy atom. The topological polar surface area (TPSA) is 74.2 Å². The van der Waals surface area contributed by atoms with Crippen LogP contribution in [0.4, 0.5) is 10.5 Å². The molecule has 1 heterocycles. The highest BCUT2D eigenvalue weighted by Gasteiger charge is 2.05. The summed E-state index contributed by atoms with van der Waals surface area (Å²) in [6.45, 7) is 2.10. The molecule has 100 valence electrons. The molecule has 5 nitrogen and oxygen atoms in total. The van der Waals surface area contributed by atoms with E-state index in [9.17, 15) is 4.79 Å². The van der Waals surface area contributed by atoms with Crippen LogP contribution in [0.2, 0.25) is 0 Å². The van der Waals surface area contributed by atoms with Gasteiger partial charge in [-0.15, -0.1) is 11.3 Å². The molecule has 0 aliphatic carbocycles. The number of aryl methyl sites for hydroxylation is 1. The third-order valence-electron chi connectivity index (χ3n) is 2.38. The molecule has 0 unspecified atom stereocenters. The molecular weight excluding hydrogens is 262 g/mol. The number of hydrogen-bond acceptors (Lipinski definition) is 4. The Balaban J connectivity index is 2.09. The van der Waals surface area contributed by atoms with Crippen LogP contribution in [0.5, 0.6) is 0 Å². The zero-order valence-corrected chi connectivity index (χ0v) is 11.3. The number of thiazole rings is 1. The fourth-order valence-electron chi connectivity index (χ4n) is 1.56. The minimum absolute atomic E-state index is 0.0775. The molecule has 0 atom stereocenters. The van der Waals surface area contributed by atoms with Crippen molar-refractivity contribution in [2.45, 2.75) is 6.92 Å². The van der Waals surface area contributed by atoms with Gasteiger partial charge in [0, 0.05) is 28.9 Å². The molecule has 19 heavy (non-hydrogen) atoms. The van der Waals surface area contributed by atoms with Gasteiger partial charge in [-0.2, -0.15) is 0 Å². The zero-order valence-electron chi connectivity index (χ0n) is 10.5. The molecule has 0 fully saturated rings. The number of carbonyl (C=O) groups is 1. The van der Waals surface area contributed by atoms with Gasteiger partial charge in [0.25, 0.3) is 0 Å². The Hall–Kier alpha value is -1.92. The molecule has 1 aromatic heterocycles. The second kappa shape index (κ2) is 6.31. The van der Waals surface area contributed by atoms with E-state index < -0.39 is 0 Å². The number of nitrogens with one attached hydrogen (secondary N) is 2. The van der Waals surface area contributed by atoms with E-state index >= 15 is 0 Å². The van der Waals surface area contributed by atoms with Crippen molar-refractivity contribution in [3.63, 3.8) is 0 Å². The van der Waals surface area contributed by atoms with Gasteiger partial charge in [0.15, 0.2) is 0 Å². The summed E-state index contributed by atoms with van der Waals surface area (Å²) in [5, 5.41) is 16.8. The minimum Gasteiger partial charge on any atom is -0.395 e. The monoisotopic (exact) mass is 277 g/mol. The van der Waals surface area contributed by atoms with E-state index in [0.29, 0.717) is 5.69 Å². The van der Waals surface area contributed by atoms with Crippen molar-refractivity contribution in [2.24, 2.45) is 0 Å². The summed E-state index contributed by atoms with van der Waals surface area (Å²) in [6, 6.07) is 7.17. The summed E-state index contributed by atoms with van der Waals surface area (Å²) in [7, 11) is 0. The molecule has 6 heteroatoms. The molecule has 3 N–H and O–H groups in total. The first-order valence-electron chi connectivity index (χ1n) is 5.87. The van der Waals surface area contributed by atoms with E-state index in [4.69, 9.17) is 5.11 Å². The number of carbonyl (C=O) groups excluding carboxylic acids is 1. The Labute approximate surface area is 115 Å². The van der Waals surface area contributed by atoms with Gasteiger partial charge in [0.1, 0.15) is 5.01 Å². The highest BCUT2D eigenvalue weighted by Crippen LogP contribution is 2.25. The third-order valence-corrected chi connectivity index (χ3v) is 3.39. The standard InChI is InChI=1S/C13H15N3O2S/c1-9-8-19-12(15-9)10-3-2-4-11(7-10)16-13(18)14-5-6-17/h2-4,7-8,17H,5-6H2,1H3,(H2,14,16,18). The predicted octanol–water partition coefficient (Wildman–Crippen LogP) is 2.23.